The molecule has 0 fully saturated rings. The molecule has 0 radical (unpaired) electrons. The Hall–Kier alpha value is -0.390. The van der Waals surface area contributed by atoms with Gasteiger partial charge in [0, 0.05) is 9.26 Å². The molecule has 1 aromatic carbocycles. The van der Waals surface area contributed by atoms with E-state index in [1.54, 1.807) is 6.07 Å². The largest absolute Gasteiger partial charge is 0.377 e. The maximum absolute atomic E-state index is 12.2. The van der Waals surface area contributed by atoms with Gasteiger partial charge in [0.05, 0.1) is 6.04 Å². The maximum Gasteiger partial charge on any atom is 0.258 e. The Kier molecular flexibility index (Phi) is 3.90. The fraction of sp³-hybridized carbons (Fsp3) is 0.333. The standard InChI is InChI=1S/C9H10F2IN/c1-6(9(10)11)13-8-4-2-3-7(12)5-8/h2-6,9,13H,1H3. The summed E-state index contributed by atoms with van der Waals surface area (Å²) in [5.41, 5.74) is 0.736. The number of benzene rings is 1. The number of hydrogen-bond acceptors (Lipinski definition) is 1. The Morgan fingerprint density at radius 1 is 1.38 bits per heavy atom. The summed E-state index contributed by atoms with van der Waals surface area (Å²) in [6.07, 6.45) is -2.34. The zero-order valence-electron chi connectivity index (χ0n) is 7.10. The van der Waals surface area contributed by atoms with Gasteiger partial charge >= 0.3 is 0 Å². The van der Waals surface area contributed by atoms with Crippen molar-refractivity contribution in [3.05, 3.63) is 27.8 Å². The van der Waals surface area contributed by atoms with Gasteiger partial charge in [0.2, 0.25) is 0 Å². The normalized spacial score (nSPS) is 13.0. The van der Waals surface area contributed by atoms with Crippen LogP contribution >= 0.6 is 22.6 Å². The highest BCUT2D eigenvalue weighted by Crippen LogP contribution is 2.15. The molecule has 0 amide bonds. The van der Waals surface area contributed by atoms with Crippen LogP contribution in [-0.2, 0) is 0 Å². The van der Waals surface area contributed by atoms with Crippen LogP contribution in [0.15, 0.2) is 24.3 Å². The van der Waals surface area contributed by atoms with Gasteiger partial charge in [-0.25, -0.2) is 8.78 Å². The molecule has 4 heteroatoms. The van der Waals surface area contributed by atoms with E-state index < -0.39 is 12.5 Å². The van der Waals surface area contributed by atoms with Crippen LogP contribution in [-0.4, -0.2) is 12.5 Å². The van der Waals surface area contributed by atoms with Crippen molar-refractivity contribution in [2.24, 2.45) is 0 Å². The summed E-state index contributed by atoms with van der Waals surface area (Å²) >= 11 is 2.14. The molecule has 0 bridgehead atoms. The molecule has 1 N–H and O–H groups in total. The van der Waals surface area contributed by atoms with Crippen LogP contribution in [0, 0.1) is 3.57 Å². The van der Waals surface area contributed by atoms with Gasteiger partial charge < -0.3 is 5.32 Å². The van der Waals surface area contributed by atoms with Crippen molar-refractivity contribution in [2.45, 2.75) is 19.4 Å². The highest BCUT2D eigenvalue weighted by Gasteiger charge is 2.13. The van der Waals surface area contributed by atoms with Crippen molar-refractivity contribution in [1.82, 2.24) is 0 Å². The summed E-state index contributed by atoms with van der Waals surface area (Å²) in [6, 6.07) is 6.56. The molecule has 0 aliphatic carbocycles. The van der Waals surface area contributed by atoms with Crippen molar-refractivity contribution in [3.8, 4) is 0 Å². The fourth-order valence-corrected chi connectivity index (χ4v) is 1.45. The molecule has 72 valence electrons. The molecule has 0 saturated carbocycles. The molecule has 1 aromatic rings. The van der Waals surface area contributed by atoms with E-state index in [0.717, 1.165) is 9.26 Å². The van der Waals surface area contributed by atoms with E-state index in [1.165, 1.54) is 6.92 Å². The molecule has 0 saturated heterocycles. The molecule has 0 aliphatic heterocycles. The van der Waals surface area contributed by atoms with Crippen LogP contribution in [0.25, 0.3) is 0 Å². The van der Waals surface area contributed by atoms with E-state index in [0.29, 0.717) is 0 Å². The van der Waals surface area contributed by atoms with Gasteiger partial charge in [-0.1, -0.05) is 6.07 Å². The Morgan fingerprint density at radius 3 is 2.62 bits per heavy atom. The Labute approximate surface area is 89.7 Å². The number of alkyl halides is 2. The van der Waals surface area contributed by atoms with Crippen LogP contribution in [0.5, 0.6) is 0 Å². The zero-order valence-corrected chi connectivity index (χ0v) is 9.26. The third kappa shape index (κ3) is 3.46. The molecule has 1 nitrogen and oxygen atoms in total. The lowest BCUT2D eigenvalue weighted by molar-refractivity contribution is 0.131. The lowest BCUT2D eigenvalue weighted by atomic mass is 10.3. The number of anilines is 1. The fourth-order valence-electron chi connectivity index (χ4n) is 0.904. The van der Waals surface area contributed by atoms with Crippen molar-refractivity contribution in [2.75, 3.05) is 5.32 Å². The molecule has 13 heavy (non-hydrogen) atoms. The summed E-state index contributed by atoms with van der Waals surface area (Å²) in [5.74, 6) is 0. The highest BCUT2D eigenvalue weighted by molar-refractivity contribution is 14.1. The van der Waals surface area contributed by atoms with Gasteiger partial charge in [0.15, 0.2) is 0 Å². The predicted octanol–water partition coefficient (Wildman–Crippen LogP) is 3.36. The number of rotatable bonds is 3. The van der Waals surface area contributed by atoms with Crippen LogP contribution in [0.2, 0.25) is 0 Å². The van der Waals surface area contributed by atoms with Gasteiger partial charge in [0.1, 0.15) is 0 Å². The van der Waals surface area contributed by atoms with Crippen LogP contribution < -0.4 is 5.32 Å². The lowest BCUT2D eigenvalue weighted by Gasteiger charge is -2.13. The van der Waals surface area contributed by atoms with Crippen molar-refractivity contribution < 1.29 is 8.78 Å². The average molecular weight is 297 g/mol. The Bertz CT molecular complexity index is 278. The first kappa shape index (κ1) is 10.7. The number of nitrogens with one attached hydrogen (secondary N) is 1. The molecule has 0 heterocycles. The van der Waals surface area contributed by atoms with E-state index in [1.807, 2.05) is 18.2 Å². The van der Waals surface area contributed by atoms with Gasteiger partial charge in [-0.15, -0.1) is 0 Å². The van der Waals surface area contributed by atoms with Gasteiger partial charge in [-0.05, 0) is 47.7 Å². The van der Waals surface area contributed by atoms with Crippen LogP contribution in [0.1, 0.15) is 6.92 Å². The maximum atomic E-state index is 12.2. The quantitative estimate of drug-likeness (QED) is 0.844. The molecule has 0 aromatic heterocycles. The first-order chi connectivity index (χ1) is 6.09. The van der Waals surface area contributed by atoms with E-state index in [-0.39, 0.29) is 0 Å². The smallest absolute Gasteiger partial charge is 0.258 e. The lowest BCUT2D eigenvalue weighted by Crippen LogP contribution is -2.23. The second-order valence-electron chi connectivity index (χ2n) is 2.78. The number of halogens is 3. The SMILES string of the molecule is CC(Nc1cccc(I)c1)C(F)F. The predicted molar refractivity (Wildman–Crippen MR) is 58.2 cm³/mol. The third-order valence-corrected chi connectivity index (χ3v) is 2.27. The molecule has 0 spiro atoms. The van der Waals surface area contributed by atoms with Crippen molar-refractivity contribution >= 4 is 28.3 Å². The Morgan fingerprint density at radius 2 is 2.08 bits per heavy atom. The van der Waals surface area contributed by atoms with Crippen LogP contribution in [0.4, 0.5) is 14.5 Å². The third-order valence-electron chi connectivity index (χ3n) is 1.60. The first-order valence-corrected chi connectivity index (χ1v) is 4.97. The summed E-state index contributed by atoms with van der Waals surface area (Å²) in [7, 11) is 0. The van der Waals surface area contributed by atoms with Gasteiger partial charge in [0.25, 0.3) is 6.43 Å². The molecular formula is C9H10F2IN. The van der Waals surface area contributed by atoms with Gasteiger partial charge in [-0.3, -0.25) is 0 Å². The molecule has 1 atom stereocenters. The second kappa shape index (κ2) is 4.74. The first-order valence-electron chi connectivity index (χ1n) is 3.90. The zero-order chi connectivity index (χ0) is 9.84. The summed E-state index contributed by atoms with van der Waals surface area (Å²) in [5, 5.41) is 2.73. The minimum atomic E-state index is -2.34. The van der Waals surface area contributed by atoms with Crippen molar-refractivity contribution in [1.29, 1.82) is 0 Å². The average Bonchev–Trinajstić information content (AvgIpc) is 2.04. The van der Waals surface area contributed by atoms with Crippen molar-refractivity contribution in [3.63, 3.8) is 0 Å². The summed E-state index contributed by atoms with van der Waals surface area (Å²) < 4.78 is 25.3. The molecule has 0 aliphatic rings. The molecular weight excluding hydrogens is 287 g/mol. The summed E-state index contributed by atoms with van der Waals surface area (Å²) in [6.45, 7) is 1.46. The topological polar surface area (TPSA) is 12.0 Å². The Balaban J connectivity index is 2.64. The minimum Gasteiger partial charge on any atom is -0.377 e. The minimum absolute atomic E-state index is 0.736. The van der Waals surface area contributed by atoms with E-state index in [2.05, 4.69) is 27.9 Å². The van der Waals surface area contributed by atoms with Gasteiger partial charge in [-0.2, -0.15) is 0 Å². The van der Waals surface area contributed by atoms with Crippen LogP contribution in [0.3, 0.4) is 0 Å². The van der Waals surface area contributed by atoms with E-state index in [4.69, 9.17) is 0 Å². The molecule has 1 rings (SSSR count). The van der Waals surface area contributed by atoms with E-state index >= 15 is 0 Å². The van der Waals surface area contributed by atoms with E-state index in [9.17, 15) is 8.78 Å². The monoisotopic (exact) mass is 297 g/mol. The molecule has 1 unspecified atom stereocenters. The summed E-state index contributed by atoms with van der Waals surface area (Å²) in [4.78, 5) is 0. The highest BCUT2D eigenvalue weighted by atomic mass is 127. The number of hydrogen-bond donors (Lipinski definition) is 1. The second-order valence-corrected chi connectivity index (χ2v) is 4.02.